The lowest BCUT2D eigenvalue weighted by atomic mass is 10.1. The van der Waals surface area contributed by atoms with Gasteiger partial charge in [-0.2, -0.15) is 5.26 Å². The van der Waals surface area contributed by atoms with Gasteiger partial charge in [-0.1, -0.05) is 6.07 Å². The molecule has 0 aliphatic carbocycles. The Balaban J connectivity index is 3.18. The molecular weight excluding hydrogens is 293 g/mol. The summed E-state index contributed by atoms with van der Waals surface area (Å²) >= 11 is 2.01. The zero-order chi connectivity index (χ0) is 10.6. The van der Waals surface area contributed by atoms with Crippen molar-refractivity contribution in [1.29, 1.82) is 5.26 Å². The highest BCUT2D eigenvalue weighted by Crippen LogP contribution is 2.17. The van der Waals surface area contributed by atoms with Crippen molar-refractivity contribution < 1.29 is 9.53 Å². The lowest BCUT2D eigenvalue weighted by Gasteiger charge is -2.05. The summed E-state index contributed by atoms with van der Waals surface area (Å²) in [7, 11) is 0. The van der Waals surface area contributed by atoms with E-state index in [1.165, 1.54) is 0 Å². The number of benzene rings is 1. The predicted molar refractivity (Wildman–Crippen MR) is 59.8 cm³/mol. The van der Waals surface area contributed by atoms with Gasteiger partial charge in [-0.05, 0) is 41.6 Å². The van der Waals surface area contributed by atoms with Crippen molar-refractivity contribution in [3.63, 3.8) is 0 Å². The Morgan fingerprint density at radius 3 is 2.93 bits per heavy atom. The zero-order valence-electron chi connectivity index (χ0n) is 7.58. The van der Waals surface area contributed by atoms with E-state index in [2.05, 4.69) is 0 Å². The van der Waals surface area contributed by atoms with Crippen LogP contribution in [0.3, 0.4) is 0 Å². The highest BCUT2D eigenvalue weighted by Gasteiger charge is 2.15. The lowest BCUT2D eigenvalue weighted by molar-refractivity contribution is 0.0525. The SMILES string of the molecule is CCOC(=O)c1c(I)cccc1C#N. The van der Waals surface area contributed by atoms with Gasteiger partial charge in [0, 0.05) is 3.57 Å². The molecule has 14 heavy (non-hydrogen) atoms. The first kappa shape index (κ1) is 11.0. The minimum absolute atomic E-state index is 0.314. The molecule has 0 aliphatic heterocycles. The summed E-state index contributed by atoms with van der Waals surface area (Å²) in [6.07, 6.45) is 0. The van der Waals surface area contributed by atoms with Crippen molar-refractivity contribution in [3.05, 3.63) is 32.9 Å². The van der Waals surface area contributed by atoms with Gasteiger partial charge in [-0.15, -0.1) is 0 Å². The van der Waals surface area contributed by atoms with Crippen molar-refractivity contribution in [2.24, 2.45) is 0 Å². The van der Waals surface area contributed by atoms with E-state index in [1.54, 1.807) is 25.1 Å². The van der Waals surface area contributed by atoms with Crippen molar-refractivity contribution >= 4 is 28.6 Å². The molecule has 0 N–H and O–H groups in total. The summed E-state index contributed by atoms with van der Waals surface area (Å²) in [5.74, 6) is -0.436. The van der Waals surface area contributed by atoms with Gasteiger partial charge >= 0.3 is 5.97 Å². The normalized spacial score (nSPS) is 9.21. The van der Waals surface area contributed by atoms with Gasteiger partial charge in [0.05, 0.1) is 17.7 Å². The van der Waals surface area contributed by atoms with Gasteiger partial charge in [0.25, 0.3) is 0 Å². The molecule has 0 bridgehead atoms. The van der Waals surface area contributed by atoms with E-state index in [0.29, 0.717) is 17.7 Å². The number of halogens is 1. The van der Waals surface area contributed by atoms with Crippen LogP contribution in [0.5, 0.6) is 0 Å². The quantitative estimate of drug-likeness (QED) is 0.622. The molecule has 0 saturated carbocycles. The summed E-state index contributed by atoms with van der Waals surface area (Å²) in [6.45, 7) is 2.05. The van der Waals surface area contributed by atoms with Crippen molar-refractivity contribution in [3.8, 4) is 6.07 Å². The van der Waals surface area contributed by atoms with Gasteiger partial charge in [0.2, 0.25) is 0 Å². The molecule has 1 aromatic carbocycles. The van der Waals surface area contributed by atoms with Crippen LogP contribution in [0, 0.1) is 14.9 Å². The molecule has 1 rings (SSSR count). The fourth-order valence-corrected chi connectivity index (χ4v) is 1.75. The first-order valence-electron chi connectivity index (χ1n) is 4.06. The summed E-state index contributed by atoms with van der Waals surface area (Å²) in [6, 6.07) is 7.09. The Hall–Kier alpha value is -1.09. The first-order chi connectivity index (χ1) is 6.70. The molecule has 0 unspecified atom stereocenters. The van der Waals surface area contributed by atoms with E-state index in [9.17, 15) is 4.79 Å². The average molecular weight is 301 g/mol. The van der Waals surface area contributed by atoms with Crippen molar-refractivity contribution in [2.75, 3.05) is 6.61 Å². The van der Waals surface area contributed by atoms with Crippen LogP contribution in [0.2, 0.25) is 0 Å². The molecule has 3 nitrogen and oxygen atoms in total. The number of rotatable bonds is 2. The van der Waals surface area contributed by atoms with Crippen LogP contribution in [0.1, 0.15) is 22.8 Å². The van der Waals surface area contributed by atoms with Crippen LogP contribution in [0.25, 0.3) is 0 Å². The fraction of sp³-hybridized carbons (Fsp3) is 0.200. The predicted octanol–water partition coefficient (Wildman–Crippen LogP) is 2.34. The van der Waals surface area contributed by atoms with Crippen LogP contribution >= 0.6 is 22.6 Å². The maximum absolute atomic E-state index is 11.5. The van der Waals surface area contributed by atoms with E-state index in [1.807, 2.05) is 28.7 Å². The molecule has 0 atom stereocenters. The summed E-state index contributed by atoms with van der Waals surface area (Å²) < 4.78 is 5.59. The van der Waals surface area contributed by atoms with Crippen molar-refractivity contribution in [2.45, 2.75) is 6.92 Å². The molecular formula is C10H8INO2. The number of hydrogen-bond acceptors (Lipinski definition) is 3. The summed E-state index contributed by atoms with van der Waals surface area (Å²) in [5, 5.41) is 8.80. The molecule has 0 radical (unpaired) electrons. The molecule has 0 heterocycles. The molecule has 0 aromatic heterocycles. The van der Waals surface area contributed by atoms with Gasteiger partial charge < -0.3 is 4.74 Å². The molecule has 72 valence electrons. The molecule has 1 aromatic rings. The number of carbonyl (C=O) groups excluding carboxylic acids is 1. The van der Waals surface area contributed by atoms with Crippen LogP contribution in [0.15, 0.2) is 18.2 Å². The average Bonchev–Trinajstić information content (AvgIpc) is 2.17. The Kier molecular flexibility index (Phi) is 3.89. The Morgan fingerprint density at radius 2 is 2.36 bits per heavy atom. The maximum Gasteiger partial charge on any atom is 0.340 e. The topological polar surface area (TPSA) is 50.1 Å². The van der Waals surface area contributed by atoms with Crippen LogP contribution in [-0.2, 0) is 4.74 Å². The zero-order valence-corrected chi connectivity index (χ0v) is 9.74. The second-order valence-corrected chi connectivity index (χ2v) is 3.66. The second kappa shape index (κ2) is 4.96. The van der Waals surface area contributed by atoms with E-state index in [-0.39, 0.29) is 0 Å². The molecule has 0 saturated heterocycles. The van der Waals surface area contributed by atoms with Crippen LogP contribution < -0.4 is 0 Å². The number of nitriles is 1. The third-order valence-electron chi connectivity index (χ3n) is 1.61. The lowest BCUT2D eigenvalue weighted by Crippen LogP contribution is -2.09. The van der Waals surface area contributed by atoms with Gasteiger partial charge in [-0.25, -0.2) is 4.79 Å². The molecule has 0 fully saturated rings. The maximum atomic E-state index is 11.5. The standard InChI is InChI=1S/C10H8INO2/c1-2-14-10(13)9-7(6-12)4-3-5-8(9)11/h3-5H,2H2,1H3. The van der Waals surface area contributed by atoms with Crippen molar-refractivity contribution in [1.82, 2.24) is 0 Å². The molecule has 0 spiro atoms. The van der Waals surface area contributed by atoms with Gasteiger partial charge in [0.15, 0.2) is 0 Å². The van der Waals surface area contributed by atoms with Gasteiger partial charge in [-0.3, -0.25) is 0 Å². The van der Waals surface area contributed by atoms with E-state index in [0.717, 1.165) is 3.57 Å². The number of nitrogens with zero attached hydrogens (tertiary/aromatic N) is 1. The number of esters is 1. The van der Waals surface area contributed by atoms with E-state index >= 15 is 0 Å². The Labute approximate surface area is 95.8 Å². The van der Waals surface area contributed by atoms with E-state index < -0.39 is 5.97 Å². The Morgan fingerprint density at radius 1 is 1.64 bits per heavy atom. The van der Waals surface area contributed by atoms with Crippen LogP contribution in [-0.4, -0.2) is 12.6 Å². The Bertz CT molecular complexity index is 396. The number of carbonyl (C=O) groups is 1. The summed E-state index contributed by atoms with van der Waals surface area (Å²) in [5.41, 5.74) is 0.716. The minimum atomic E-state index is -0.436. The largest absolute Gasteiger partial charge is 0.462 e. The van der Waals surface area contributed by atoms with Crippen LogP contribution in [0.4, 0.5) is 0 Å². The second-order valence-electron chi connectivity index (χ2n) is 2.49. The number of ether oxygens (including phenoxy) is 1. The first-order valence-corrected chi connectivity index (χ1v) is 5.14. The van der Waals surface area contributed by atoms with E-state index in [4.69, 9.17) is 10.00 Å². The fourth-order valence-electron chi connectivity index (χ4n) is 1.03. The highest BCUT2D eigenvalue weighted by molar-refractivity contribution is 14.1. The molecule has 0 aliphatic rings. The molecule has 0 amide bonds. The third kappa shape index (κ3) is 2.23. The molecule has 4 heteroatoms. The number of hydrogen-bond donors (Lipinski definition) is 0. The minimum Gasteiger partial charge on any atom is -0.462 e. The monoisotopic (exact) mass is 301 g/mol. The highest BCUT2D eigenvalue weighted by atomic mass is 127. The third-order valence-corrected chi connectivity index (χ3v) is 2.51. The smallest absolute Gasteiger partial charge is 0.340 e. The van der Waals surface area contributed by atoms with Gasteiger partial charge in [0.1, 0.15) is 6.07 Å². The summed E-state index contributed by atoms with van der Waals surface area (Å²) in [4.78, 5) is 11.5.